The Morgan fingerprint density at radius 1 is 1.24 bits per heavy atom. The van der Waals surface area contributed by atoms with Crippen molar-refractivity contribution in [1.29, 1.82) is 5.26 Å². The summed E-state index contributed by atoms with van der Waals surface area (Å²) in [7, 11) is 0. The molecule has 1 amide bonds. The van der Waals surface area contributed by atoms with E-state index in [1.54, 1.807) is 13.0 Å². The molecule has 1 N–H and O–H groups in total. The zero-order valence-electron chi connectivity index (χ0n) is 16.1. The molecule has 0 radical (unpaired) electrons. The van der Waals surface area contributed by atoms with Gasteiger partial charge in [0.25, 0.3) is 5.56 Å². The summed E-state index contributed by atoms with van der Waals surface area (Å²) in [5, 5.41) is 14.0. The van der Waals surface area contributed by atoms with Crippen molar-refractivity contribution in [2.24, 2.45) is 0 Å². The summed E-state index contributed by atoms with van der Waals surface area (Å²) in [6, 6.07) is 13.0. The molecule has 3 aromatic rings. The van der Waals surface area contributed by atoms with Crippen LogP contribution in [0.25, 0.3) is 0 Å². The van der Waals surface area contributed by atoms with Gasteiger partial charge in [0.2, 0.25) is 5.91 Å². The van der Waals surface area contributed by atoms with Crippen LogP contribution in [0.1, 0.15) is 34.5 Å². The number of carbonyl (C=O) groups excluding carboxylic acids is 1. The monoisotopic (exact) mass is 408 g/mol. The van der Waals surface area contributed by atoms with Crippen LogP contribution < -0.4 is 16.6 Å². The first-order valence-corrected chi connectivity index (χ1v) is 9.96. The topological polar surface area (TPSA) is 96.9 Å². The standard InChI is InChI=1S/C21H20N4O3S/c1-3-24-12-16(11-22)20(27)25(21(24)28)13-18(26)23-19(17-5-4-10-29-17)15-8-6-14(2)7-9-15/h4-10,12,19H,3,13H2,1-2H3,(H,23,26). The van der Waals surface area contributed by atoms with Gasteiger partial charge in [-0.2, -0.15) is 5.26 Å². The Hall–Kier alpha value is -3.44. The van der Waals surface area contributed by atoms with Crippen LogP contribution in [-0.4, -0.2) is 15.0 Å². The minimum absolute atomic E-state index is 0.174. The summed E-state index contributed by atoms with van der Waals surface area (Å²) in [5.74, 6) is -0.485. The molecule has 0 aliphatic rings. The molecule has 0 saturated heterocycles. The lowest BCUT2D eigenvalue weighted by Gasteiger charge is -2.19. The molecule has 0 saturated carbocycles. The van der Waals surface area contributed by atoms with Gasteiger partial charge in [0.1, 0.15) is 18.2 Å². The van der Waals surface area contributed by atoms with Crippen molar-refractivity contribution in [3.05, 3.63) is 90.4 Å². The SMILES string of the molecule is CCn1cc(C#N)c(=O)n(CC(=O)NC(c2ccc(C)cc2)c2cccs2)c1=O. The molecule has 2 aromatic heterocycles. The normalized spacial score (nSPS) is 11.6. The number of aryl methyl sites for hydroxylation is 2. The molecular weight excluding hydrogens is 388 g/mol. The van der Waals surface area contributed by atoms with Crippen molar-refractivity contribution in [2.75, 3.05) is 0 Å². The van der Waals surface area contributed by atoms with E-state index in [1.165, 1.54) is 22.1 Å². The van der Waals surface area contributed by atoms with Crippen molar-refractivity contribution in [1.82, 2.24) is 14.5 Å². The lowest BCUT2D eigenvalue weighted by Crippen LogP contribution is -2.44. The van der Waals surface area contributed by atoms with Crippen LogP contribution in [0.5, 0.6) is 0 Å². The molecule has 1 aromatic carbocycles. The molecule has 2 heterocycles. The molecule has 29 heavy (non-hydrogen) atoms. The maximum atomic E-state index is 12.8. The highest BCUT2D eigenvalue weighted by Crippen LogP contribution is 2.26. The predicted molar refractivity (Wildman–Crippen MR) is 111 cm³/mol. The van der Waals surface area contributed by atoms with Gasteiger partial charge < -0.3 is 5.32 Å². The molecule has 0 bridgehead atoms. The number of carbonyl (C=O) groups is 1. The third-order valence-corrected chi connectivity index (χ3v) is 5.48. The van der Waals surface area contributed by atoms with Gasteiger partial charge >= 0.3 is 5.69 Å². The molecule has 0 fully saturated rings. The number of amides is 1. The summed E-state index contributed by atoms with van der Waals surface area (Å²) >= 11 is 1.50. The Labute approximate surface area is 171 Å². The third kappa shape index (κ3) is 4.36. The molecular formula is C21H20N4O3S. The second-order valence-corrected chi connectivity index (χ2v) is 7.52. The first-order chi connectivity index (χ1) is 13.9. The lowest BCUT2D eigenvalue weighted by molar-refractivity contribution is -0.122. The second kappa shape index (κ2) is 8.71. The van der Waals surface area contributed by atoms with Crippen LogP contribution in [0.2, 0.25) is 0 Å². The summed E-state index contributed by atoms with van der Waals surface area (Å²) in [6.07, 6.45) is 1.22. The maximum Gasteiger partial charge on any atom is 0.331 e. The minimum Gasteiger partial charge on any atom is -0.343 e. The molecule has 3 rings (SSSR count). The molecule has 1 unspecified atom stereocenters. The van der Waals surface area contributed by atoms with Crippen LogP contribution >= 0.6 is 11.3 Å². The molecule has 0 spiro atoms. The number of nitrogens with one attached hydrogen (secondary N) is 1. The minimum atomic E-state index is -0.764. The highest BCUT2D eigenvalue weighted by atomic mass is 32.1. The molecule has 1 atom stereocenters. The number of nitrogens with zero attached hydrogens (tertiary/aromatic N) is 3. The van der Waals surface area contributed by atoms with E-state index >= 15 is 0 Å². The van der Waals surface area contributed by atoms with Gasteiger partial charge in [-0.3, -0.25) is 14.2 Å². The summed E-state index contributed by atoms with van der Waals surface area (Å²) in [4.78, 5) is 38.6. The second-order valence-electron chi connectivity index (χ2n) is 6.54. The highest BCUT2D eigenvalue weighted by molar-refractivity contribution is 7.10. The number of rotatable bonds is 6. The van der Waals surface area contributed by atoms with E-state index in [9.17, 15) is 14.4 Å². The number of nitriles is 1. The predicted octanol–water partition coefficient (Wildman–Crippen LogP) is 2.18. The third-order valence-electron chi connectivity index (χ3n) is 4.54. The largest absolute Gasteiger partial charge is 0.343 e. The number of hydrogen-bond acceptors (Lipinski definition) is 5. The van der Waals surface area contributed by atoms with Crippen LogP contribution in [0.3, 0.4) is 0 Å². The van der Waals surface area contributed by atoms with Crippen LogP contribution in [0, 0.1) is 18.3 Å². The van der Waals surface area contributed by atoms with E-state index in [4.69, 9.17) is 5.26 Å². The van der Waals surface area contributed by atoms with Gasteiger partial charge in [0, 0.05) is 17.6 Å². The molecule has 0 aliphatic carbocycles. The zero-order chi connectivity index (χ0) is 21.0. The first kappa shape index (κ1) is 20.3. The fraction of sp³-hybridized carbons (Fsp3) is 0.238. The fourth-order valence-electron chi connectivity index (χ4n) is 2.98. The number of aromatic nitrogens is 2. The van der Waals surface area contributed by atoms with Crippen LogP contribution in [0.4, 0.5) is 0 Å². The van der Waals surface area contributed by atoms with Crippen molar-refractivity contribution in [3.63, 3.8) is 0 Å². The van der Waals surface area contributed by atoms with Gasteiger partial charge in [-0.1, -0.05) is 35.9 Å². The van der Waals surface area contributed by atoms with Crippen molar-refractivity contribution >= 4 is 17.2 Å². The Bertz CT molecular complexity index is 1170. The fourth-order valence-corrected chi connectivity index (χ4v) is 3.78. The van der Waals surface area contributed by atoms with E-state index in [1.807, 2.05) is 48.7 Å². The van der Waals surface area contributed by atoms with E-state index in [-0.39, 0.29) is 12.1 Å². The van der Waals surface area contributed by atoms with Crippen LogP contribution in [0.15, 0.2) is 57.6 Å². The van der Waals surface area contributed by atoms with E-state index in [0.717, 1.165) is 20.6 Å². The van der Waals surface area contributed by atoms with E-state index < -0.39 is 29.7 Å². The smallest absolute Gasteiger partial charge is 0.331 e. The van der Waals surface area contributed by atoms with Crippen LogP contribution in [-0.2, 0) is 17.9 Å². The van der Waals surface area contributed by atoms with Gasteiger partial charge in [-0.25, -0.2) is 9.36 Å². The summed E-state index contributed by atoms with van der Waals surface area (Å²) in [5.41, 5.74) is 0.447. The molecule has 148 valence electrons. The van der Waals surface area contributed by atoms with Crippen molar-refractivity contribution in [2.45, 2.75) is 33.0 Å². The van der Waals surface area contributed by atoms with Gasteiger partial charge in [-0.05, 0) is 30.9 Å². The summed E-state index contributed by atoms with van der Waals surface area (Å²) in [6.45, 7) is 3.54. The van der Waals surface area contributed by atoms with E-state index in [2.05, 4.69) is 5.32 Å². The Morgan fingerprint density at radius 3 is 2.55 bits per heavy atom. The van der Waals surface area contributed by atoms with Gasteiger partial charge in [-0.15, -0.1) is 11.3 Å². The summed E-state index contributed by atoms with van der Waals surface area (Å²) < 4.78 is 2.04. The molecule has 7 nitrogen and oxygen atoms in total. The first-order valence-electron chi connectivity index (χ1n) is 9.08. The Morgan fingerprint density at radius 2 is 1.97 bits per heavy atom. The molecule has 8 heteroatoms. The van der Waals surface area contributed by atoms with Gasteiger partial charge in [0.15, 0.2) is 0 Å². The maximum absolute atomic E-state index is 12.8. The quantitative estimate of drug-likeness (QED) is 0.676. The average Bonchev–Trinajstić information content (AvgIpc) is 3.25. The van der Waals surface area contributed by atoms with Crippen molar-refractivity contribution < 1.29 is 4.79 Å². The van der Waals surface area contributed by atoms with Crippen molar-refractivity contribution in [3.8, 4) is 6.07 Å². The number of hydrogen-bond donors (Lipinski definition) is 1. The van der Waals surface area contributed by atoms with Gasteiger partial charge in [0.05, 0.1) is 6.04 Å². The Balaban J connectivity index is 1.92. The number of benzene rings is 1. The lowest BCUT2D eigenvalue weighted by atomic mass is 10.0. The number of thiophene rings is 1. The zero-order valence-corrected chi connectivity index (χ0v) is 16.9. The molecule has 0 aliphatic heterocycles. The van der Waals surface area contributed by atoms with E-state index in [0.29, 0.717) is 0 Å². The highest BCUT2D eigenvalue weighted by Gasteiger charge is 2.20. The Kier molecular flexibility index (Phi) is 6.10. The average molecular weight is 408 g/mol.